The summed E-state index contributed by atoms with van der Waals surface area (Å²) in [4.78, 5) is 12.8. The average molecular weight is 589 g/mol. The molecule has 4 rings (SSSR count). The van der Waals surface area contributed by atoms with E-state index >= 15 is 0 Å². The minimum atomic E-state index is -5.44. The summed E-state index contributed by atoms with van der Waals surface area (Å²) in [7, 11) is 0. The number of fused-ring (bicyclic) bond motifs is 5. The van der Waals surface area contributed by atoms with Gasteiger partial charge in [0.2, 0.25) is 0 Å². The Morgan fingerprint density at radius 3 is 2.35 bits per heavy atom. The van der Waals surface area contributed by atoms with Gasteiger partial charge in [-0.25, -0.2) is 0 Å². The smallest absolute Gasteiger partial charge is 0.453 e. The van der Waals surface area contributed by atoms with Gasteiger partial charge in [0.1, 0.15) is 11.5 Å². The van der Waals surface area contributed by atoms with Crippen LogP contribution in [0, 0.1) is 23.2 Å². The first-order chi connectivity index (χ1) is 18.9. The van der Waals surface area contributed by atoms with E-state index in [2.05, 4.69) is 13.0 Å². The molecule has 2 saturated carbocycles. The molecule has 0 saturated heterocycles. The van der Waals surface area contributed by atoms with E-state index in [-0.39, 0.29) is 11.8 Å². The molecule has 0 heterocycles. The Hall–Kier alpha value is -1.31. The van der Waals surface area contributed by atoms with E-state index in [1.54, 1.807) is 0 Å². The van der Waals surface area contributed by atoms with Crippen LogP contribution in [0.25, 0.3) is 0 Å². The van der Waals surface area contributed by atoms with Crippen molar-refractivity contribution in [3.8, 4) is 5.75 Å². The second kappa shape index (κ2) is 13.3. The van der Waals surface area contributed by atoms with Gasteiger partial charge in [-0.2, -0.15) is 33.7 Å². The number of phenols is 1. The highest BCUT2D eigenvalue weighted by atomic mass is 32.2. The summed E-state index contributed by atoms with van der Waals surface area (Å²) in [6.07, 6.45) is 7.13. The lowest BCUT2D eigenvalue weighted by Gasteiger charge is -2.51. The number of unbranched alkanes of at least 4 members (excludes halogenated alkanes) is 6. The quantitative estimate of drug-likeness (QED) is 0.174. The maximum atomic E-state index is 12.9. The van der Waals surface area contributed by atoms with E-state index in [4.69, 9.17) is 0 Å². The van der Waals surface area contributed by atoms with E-state index in [1.807, 2.05) is 12.1 Å². The molecule has 1 aromatic carbocycles. The molecule has 5 atom stereocenters. The van der Waals surface area contributed by atoms with Gasteiger partial charge in [0.15, 0.2) is 0 Å². The zero-order valence-corrected chi connectivity index (χ0v) is 24.5. The van der Waals surface area contributed by atoms with Crippen molar-refractivity contribution in [2.24, 2.45) is 23.2 Å². The number of alkyl halides is 5. The topological polar surface area (TPSA) is 37.3 Å². The van der Waals surface area contributed by atoms with E-state index < -0.39 is 18.5 Å². The van der Waals surface area contributed by atoms with Crippen molar-refractivity contribution in [1.82, 2.24) is 0 Å². The van der Waals surface area contributed by atoms with Crippen LogP contribution in [0.4, 0.5) is 22.0 Å². The summed E-state index contributed by atoms with van der Waals surface area (Å²) >= 11 is 1.47. The highest BCUT2D eigenvalue weighted by Crippen LogP contribution is 2.61. The number of carbonyl (C=O) groups excluding carboxylic acids is 1. The van der Waals surface area contributed by atoms with Gasteiger partial charge in [0.05, 0.1) is 0 Å². The number of hydrogen-bond donors (Lipinski definition) is 1. The Kier molecular flexibility index (Phi) is 10.5. The second-order valence-corrected chi connectivity index (χ2v) is 14.0. The lowest BCUT2D eigenvalue weighted by Crippen LogP contribution is -2.46. The van der Waals surface area contributed by atoms with Crippen molar-refractivity contribution < 1.29 is 31.9 Å². The molecule has 3 aliphatic carbocycles. The summed E-state index contributed by atoms with van der Waals surface area (Å²) in [5.74, 6) is -0.535. The largest absolute Gasteiger partial charge is 0.508 e. The molecule has 0 aromatic heterocycles. The van der Waals surface area contributed by atoms with Gasteiger partial charge in [-0.3, -0.25) is 4.79 Å². The van der Waals surface area contributed by atoms with Crippen LogP contribution in [0.15, 0.2) is 18.2 Å². The van der Waals surface area contributed by atoms with Gasteiger partial charge in [-0.15, -0.1) is 0 Å². The van der Waals surface area contributed by atoms with Gasteiger partial charge in [-0.1, -0.05) is 51.5 Å². The van der Waals surface area contributed by atoms with Crippen molar-refractivity contribution in [3.05, 3.63) is 29.3 Å². The van der Waals surface area contributed by atoms with Gasteiger partial charge < -0.3 is 5.11 Å². The van der Waals surface area contributed by atoms with E-state index in [0.717, 1.165) is 63.5 Å². The molecule has 8 heteroatoms. The van der Waals surface area contributed by atoms with Crippen molar-refractivity contribution in [2.45, 2.75) is 121 Å². The van der Waals surface area contributed by atoms with Crippen molar-refractivity contribution in [3.63, 3.8) is 0 Å². The van der Waals surface area contributed by atoms with Crippen molar-refractivity contribution in [2.75, 3.05) is 11.5 Å². The van der Waals surface area contributed by atoms with Crippen LogP contribution in [-0.2, 0) is 11.2 Å². The first-order valence-corrected chi connectivity index (χ1v) is 16.5. The number of phenolic OH excluding ortho intramolecular Hbond substituents is 1. The van der Waals surface area contributed by atoms with E-state index in [9.17, 15) is 31.9 Å². The predicted octanol–water partition coefficient (Wildman–Crippen LogP) is 9.88. The molecule has 1 aromatic rings. The number of aromatic hydroxyl groups is 1. The van der Waals surface area contributed by atoms with Crippen LogP contribution < -0.4 is 0 Å². The Morgan fingerprint density at radius 1 is 0.950 bits per heavy atom. The fourth-order valence-electron chi connectivity index (χ4n) is 7.97. The fraction of sp³-hybridized carbons (Fsp3) is 0.781. The van der Waals surface area contributed by atoms with Crippen molar-refractivity contribution in [1.29, 1.82) is 0 Å². The number of hydrogen-bond acceptors (Lipinski definition) is 3. The average Bonchev–Trinajstić information content (AvgIpc) is 3.19. The number of Topliss-reactive ketones (excluding diaryl/α,β-unsaturated/α-hetero) is 1. The van der Waals surface area contributed by atoms with Crippen molar-refractivity contribution >= 4 is 17.5 Å². The first kappa shape index (κ1) is 31.6. The molecular weight excluding hydrogens is 543 g/mol. The molecule has 0 bridgehead atoms. The van der Waals surface area contributed by atoms with Crippen LogP contribution in [-0.4, -0.2) is 34.5 Å². The zero-order chi connectivity index (χ0) is 29.0. The summed E-state index contributed by atoms with van der Waals surface area (Å²) in [6, 6.07) is 5.91. The van der Waals surface area contributed by atoms with Gasteiger partial charge in [-0.05, 0) is 103 Å². The van der Waals surface area contributed by atoms with Crippen LogP contribution >= 0.6 is 11.8 Å². The highest BCUT2D eigenvalue weighted by Gasteiger charge is 2.57. The summed E-state index contributed by atoms with van der Waals surface area (Å²) in [5, 5.41) is 10.1. The third kappa shape index (κ3) is 7.18. The Morgan fingerprint density at radius 2 is 1.62 bits per heavy atom. The molecule has 0 radical (unpaired) electrons. The zero-order valence-electron chi connectivity index (χ0n) is 23.7. The second-order valence-electron chi connectivity index (χ2n) is 12.7. The molecule has 40 heavy (non-hydrogen) atoms. The van der Waals surface area contributed by atoms with Crippen LogP contribution in [0.3, 0.4) is 0 Å². The number of halogens is 5. The fourth-order valence-corrected chi connectivity index (χ4v) is 8.93. The maximum Gasteiger partial charge on any atom is 0.453 e. The Balaban J connectivity index is 1.14. The third-order valence-corrected chi connectivity index (χ3v) is 11.3. The Bertz CT molecular complexity index is 996. The van der Waals surface area contributed by atoms with Crippen LogP contribution in [0.2, 0.25) is 0 Å². The monoisotopic (exact) mass is 588 g/mol. The van der Waals surface area contributed by atoms with Crippen LogP contribution in [0.5, 0.6) is 5.75 Å². The number of carbonyl (C=O) groups is 1. The molecule has 2 fully saturated rings. The molecule has 0 aliphatic heterocycles. The normalized spacial score (nSPS) is 28.3. The summed E-state index contributed by atoms with van der Waals surface area (Å²) in [5.41, 5.74) is 2.55. The molecule has 3 aliphatic rings. The van der Waals surface area contributed by atoms with E-state index in [1.165, 1.54) is 48.6 Å². The lowest BCUT2D eigenvalue weighted by molar-refractivity contribution is -0.284. The SMILES string of the molecule is CC12CCC3c4ccc(O)cc4C[C@@H](CCCCCCCCCSCCCC(F)(F)C(F)(F)F)C3C1CCC2=O. The molecule has 0 spiro atoms. The molecule has 2 nitrogen and oxygen atoms in total. The lowest BCUT2D eigenvalue weighted by atomic mass is 9.52. The molecule has 0 amide bonds. The minimum absolute atomic E-state index is 0.122. The number of ketones is 1. The summed E-state index contributed by atoms with van der Waals surface area (Å²) in [6.45, 7) is 2.22. The standard InChI is InChI=1S/C32H45F5O2S/c1-30-17-15-26-25-12-11-24(38)21-23(25)20-22(29(26)27(30)13-14-28(30)39)10-7-5-3-2-4-6-8-18-40-19-9-16-31(33,34)32(35,36)37/h11-12,21-22,26-27,29,38H,2-10,13-20H2,1H3/t22-,26?,27?,29?,30?/m1/s1. The number of thioether (sulfide) groups is 1. The Labute approximate surface area is 240 Å². The molecular formula is C32H45F5O2S. The van der Waals surface area contributed by atoms with Crippen LogP contribution in [0.1, 0.15) is 114 Å². The minimum Gasteiger partial charge on any atom is -0.508 e. The summed E-state index contributed by atoms with van der Waals surface area (Å²) < 4.78 is 62.4. The molecule has 4 unspecified atom stereocenters. The highest BCUT2D eigenvalue weighted by molar-refractivity contribution is 7.99. The molecule has 226 valence electrons. The predicted molar refractivity (Wildman–Crippen MR) is 151 cm³/mol. The number of benzene rings is 1. The first-order valence-electron chi connectivity index (χ1n) is 15.3. The van der Waals surface area contributed by atoms with Gasteiger partial charge in [0.25, 0.3) is 0 Å². The van der Waals surface area contributed by atoms with Gasteiger partial charge in [0, 0.05) is 18.3 Å². The third-order valence-electron chi connectivity index (χ3n) is 10.2. The number of rotatable bonds is 14. The van der Waals surface area contributed by atoms with Gasteiger partial charge >= 0.3 is 12.1 Å². The molecule has 1 N–H and O–H groups in total. The van der Waals surface area contributed by atoms with E-state index in [0.29, 0.717) is 41.0 Å². The maximum absolute atomic E-state index is 12.9.